The summed E-state index contributed by atoms with van der Waals surface area (Å²) in [6, 6.07) is 5.49. The Bertz CT molecular complexity index is 843. The Morgan fingerprint density at radius 3 is 2.65 bits per heavy atom. The third-order valence-electron chi connectivity index (χ3n) is 3.37. The van der Waals surface area contributed by atoms with Crippen molar-refractivity contribution in [3.8, 4) is 11.3 Å². The Labute approximate surface area is 114 Å². The summed E-state index contributed by atoms with van der Waals surface area (Å²) in [5, 5.41) is 0. The minimum atomic E-state index is -4.41. The standard InChI is InChI=1S/C13H13N2O4P/c1-7-8(2)13(20(16,17)18)19-12(7)9-3-4-10-11(5-9)15-6-14-10/h3-6H,1-2H3,(H,14,15)(H2,16,17,18). The molecule has 0 aliphatic carbocycles. The van der Waals surface area contributed by atoms with Crippen LogP contribution in [0.2, 0.25) is 0 Å². The first kappa shape index (κ1) is 13.1. The number of nitrogens with one attached hydrogen (secondary N) is 1. The molecule has 0 amide bonds. The molecule has 3 N–H and O–H groups in total. The third-order valence-corrected chi connectivity index (χ3v) is 4.33. The topological polar surface area (TPSA) is 99.4 Å². The van der Waals surface area contributed by atoms with Gasteiger partial charge in [-0.25, -0.2) is 4.98 Å². The van der Waals surface area contributed by atoms with E-state index in [-0.39, 0.29) is 5.50 Å². The van der Waals surface area contributed by atoms with E-state index >= 15 is 0 Å². The van der Waals surface area contributed by atoms with E-state index in [4.69, 9.17) is 4.42 Å². The lowest BCUT2D eigenvalue weighted by molar-refractivity contribution is 0.377. The van der Waals surface area contributed by atoms with Crippen LogP contribution in [0, 0.1) is 13.8 Å². The second-order valence-electron chi connectivity index (χ2n) is 4.66. The molecule has 0 aliphatic heterocycles. The van der Waals surface area contributed by atoms with E-state index in [1.807, 2.05) is 18.2 Å². The van der Waals surface area contributed by atoms with Crippen LogP contribution in [0.25, 0.3) is 22.4 Å². The van der Waals surface area contributed by atoms with E-state index in [1.165, 1.54) is 0 Å². The summed E-state index contributed by atoms with van der Waals surface area (Å²) in [6.45, 7) is 3.43. The van der Waals surface area contributed by atoms with Crippen LogP contribution in [0.4, 0.5) is 0 Å². The Hall–Kier alpha value is -1.88. The van der Waals surface area contributed by atoms with E-state index in [0.717, 1.165) is 22.2 Å². The normalized spacial score (nSPS) is 12.2. The number of furan rings is 1. The number of imidazole rings is 1. The molecule has 0 unspecified atom stereocenters. The van der Waals surface area contributed by atoms with Crippen LogP contribution >= 0.6 is 7.60 Å². The molecular weight excluding hydrogens is 279 g/mol. The molecule has 0 atom stereocenters. The molecule has 6 nitrogen and oxygen atoms in total. The first-order chi connectivity index (χ1) is 9.38. The largest absolute Gasteiger partial charge is 0.448 e. The van der Waals surface area contributed by atoms with Gasteiger partial charge in [0.2, 0.25) is 5.50 Å². The van der Waals surface area contributed by atoms with Gasteiger partial charge in [-0.2, -0.15) is 0 Å². The highest BCUT2D eigenvalue weighted by Crippen LogP contribution is 2.39. The number of benzene rings is 1. The first-order valence-electron chi connectivity index (χ1n) is 5.97. The van der Waals surface area contributed by atoms with Gasteiger partial charge in [-0.05, 0) is 37.6 Å². The molecule has 0 radical (unpaired) electrons. The van der Waals surface area contributed by atoms with Crippen molar-refractivity contribution in [3.63, 3.8) is 0 Å². The van der Waals surface area contributed by atoms with E-state index in [1.54, 1.807) is 20.2 Å². The fraction of sp³-hybridized carbons (Fsp3) is 0.154. The molecule has 2 heterocycles. The molecule has 0 spiro atoms. The van der Waals surface area contributed by atoms with Crippen LogP contribution < -0.4 is 5.50 Å². The molecule has 2 aromatic heterocycles. The fourth-order valence-corrected chi connectivity index (χ4v) is 3.03. The second kappa shape index (κ2) is 4.31. The van der Waals surface area contributed by atoms with E-state index < -0.39 is 7.60 Å². The van der Waals surface area contributed by atoms with Crippen molar-refractivity contribution in [1.82, 2.24) is 9.97 Å². The molecule has 104 valence electrons. The van der Waals surface area contributed by atoms with Gasteiger partial charge < -0.3 is 19.2 Å². The maximum atomic E-state index is 11.4. The number of fused-ring (bicyclic) bond motifs is 1. The molecule has 7 heteroatoms. The van der Waals surface area contributed by atoms with Gasteiger partial charge >= 0.3 is 7.60 Å². The molecule has 0 fully saturated rings. The summed E-state index contributed by atoms with van der Waals surface area (Å²) in [5.41, 5.74) is 3.36. The molecule has 3 aromatic rings. The van der Waals surface area contributed by atoms with Crippen molar-refractivity contribution in [2.24, 2.45) is 0 Å². The highest BCUT2D eigenvalue weighted by molar-refractivity contribution is 7.59. The van der Waals surface area contributed by atoms with Gasteiger partial charge in [0, 0.05) is 11.1 Å². The number of H-pyrrole nitrogens is 1. The zero-order valence-electron chi connectivity index (χ0n) is 10.9. The second-order valence-corrected chi connectivity index (χ2v) is 6.16. The maximum absolute atomic E-state index is 11.4. The zero-order valence-corrected chi connectivity index (χ0v) is 11.8. The lowest BCUT2D eigenvalue weighted by atomic mass is 10.1. The highest BCUT2D eigenvalue weighted by Gasteiger charge is 2.28. The monoisotopic (exact) mass is 292 g/mol. The van der Waals surface area contributed by atoms with Crippen molar-refractivity contribution < 1.29 is 18.8 Å². The maximum Gasteiger partial charge on any atom is 0.391 e. The van der Waals surface area contributed by atoms with Gasteiger partial charge in [0.15, 0.2) is 0 Å². The molecule has 1 aromatic carbocycles. The van der Waals surface area contributed by atoms with E-state index in [0.29, 0.717) is 11.3 Å². The number of hydrogen-bond acceptors (Lipinski definition) is 3. The summed E-state index contributed by atoms with van der Waals surface area (Å²) < 4.78 is 16.8. The molecule has 3 rings (SSSR count). The lowest BCUT2D eigenvalue weighted by Gasteiger charge is -2.00. The summed E-state index contributed by atoms with van der Waals surface area (Å²) >= 11 is 0. The van der Waals surface area contributed by atoms with Crippen LogP contribution in [-0.4, -0.2) is 19.8 Å². The fourth-order valence-electron chi connectivity index (χ4n) is 2.21. The zero-order chi connectivity index (χ0) is 14.5. The predicted octanol–water partition coefficient (Wildman–Crippen LogP) is 2.24. The average molecular weight is 292 g/mol. The highest BCUT2D eigenvalue weighted by atomic mass is 31.2. The quantitative estimate of drug-likeness (QED) is 0.629. The van der Waals surface area contributed by atoms with Gasteiger partial charge in [-0.3, -0.25) is 4.57 Å². The van der Waals surface area contributed by atoms with E-state index in [9.17, 15) is 14.4 Å². The molecule has 20 heavy (non-hydrogen) atoms. The minimum absolute atomic E-state index is 0.269. The van der Waals surface area contributed by atoms with Crippen LogP contribution in [0.15, 0.2) is 28.9 Å². The average Bonchev–Trinajstić information content (AvgIpc) is 2.94. The number of aromatic amines is 1. The van der Waals surface area contributed by atoms with Gasteiger partial charge in [0.25, 0.3) is 0 Å². The molecule has 0 saturated heterocycles. The lowest BCUT2D eigenvalue weighted by Crippen LogP contribution is -2.03. The number of nitrogens with zero attached hydrogens (tertiary/aromatic N) is 1. The summed E-state index contributed by atoms with van der Waals surface area (Å²) in [7, 11) is -4.41. The minimum Gasteiger partial charge on any atom is -0.448 e. The van der Waals surface area contributed by atoms with Gasteiger partial charge in [-0.15, -0.1) is 0 Å². The third kappa shape index (κ3) is 1.98. The first-order valence-corrected chi connectivity index (χ1v) is 7.59. The Balaban J connectivity index is 2.21. The van der Waals surface area contributed by atoms with Crippen LogP contribution in [0.5, 0.6) is 0 Å². The van der Waals surface area contributed by atoms with Gasteiger partial charge in [-0.1, -0.05) is 0 Å². The molecule has 0 aliphatic rings. The van der Waals surface area contributed by atoms with Crippen molar-refractivity contribution in [1.29, 1.82) is 0 Å². The Kier molecular flexibility index (Phi) is 2.83. The van der Waals surface area contributed by atoms with Crippen molar-refractivity contribution >= 4 is 24.1 Å². The SMILES string of the molecule is Cc1c(-c2ccc3nc[nH]c3c2)oc(P(=O)(O)O)c1C. The van der Waals surface area contributed by atoms with Gasteiger partial charge in [0.05, 0.1) is 17.4 Å². The van der Waals surface area contributed by atoms with Gasteiger partial charge in [0.1, 0.15) is 5.76 Å². The summed E-state index contributed by atoms with van der Waals surface area (Å²) in [6.07, 6.45) is 1.59. The molecule has 0 saturated carbocycles. The Morgan fingerprint density at radius 1 is 1.25 bits per heavy atom. The smallest absolute Gasteiger partial charge is 0.391 e. The van der Waals surface area contributed by atoms with Crippen molar-refractivity contribution in [3.05, 3.63) is 35.7 Å². The predicted molar refractivity (Wildman–Crippen MR) is 74.9 cm³/mol. The summed E-state index contributed by atoms with van der Waals surface area (Å²) in [5.74, 6) is 0.470. The summed E-state index contributed by atoms with van der Waals surface area (Å²) in [4.78, 5) is 25.7. The van der Waals surface area contributed by atoms with E-state index in [2.05, 4.69) is 9.97 Å². The van der Waals surface area contributed by atoms with Crippen molar-refractivity contribution in [2.75, 3.05) is 0 Å². The molecule has 0 bridgehead atoms. The van der Waals surface area contributed by atoms with Crippen molar-refractivity contribution in [2.45, 2.75) is 13.8 Å². The number of hydrogen-bond donors (Lipinski definition) is 3. The van der Waals surface area contributed by atoms with Crippen LogP contribution in [0.1, 0.15) is 11.1 Å². The van der Waals surface area contributed by atoms with Crippen LogP contribution in [0.3, 0.4) is 0 Å². The van der Waals surface area contributed by atoms with Crippen LogP contribution in [-0.2, 0) is 4.57 Å². The molecular formula is C13H13N2O4P. The number of rotatable bonds is 2. The number of aromatic nitrogens is 2. The Morgan fingerprint density at radius 2 is 2.00 bits per heavy atom.